The first-order chi connectivity index (χ1) is 11.6. The zero-order chi connectivity index (χ0) is 16.9. The highest BCUT2D eigenvalue weighted by molar-refractivity contribution is 6.29. The second-order valence-corrected chi connectivity index (χ2v) is 5.63. The van der Waals surface area contributed by atoms with Crippen LogP contribution in [0.2, 0.25) is 0 Å². The molecule has 0 fully saturated rings. The van der Waals surface area contributed by atoms with Gasteiger partial charge in [0.15, 0.2) is 0 Å². The third-order valence-electron chi connectivity index (χ3n) is 3.47. The normalized spacial score (nSPS) is 11.7. The van der Waals surface area contributed by atoms with Gasteiger partial charge in [-0.05, 0) is 29.0 Å². The van der Waals surface area contributed by atoms with Gasteiger partial charge in [0.1, 0.15) is 5.75 Å². The van der Waals surface area contributed by atoms with Crippen LogP contribution < -0.4 is 4.74 Å². The van der Waals surface area contributed by atoms with E-state index in [1.165, 1.54) is 0 Å². The summed E-state index contributed by atoms with van der Waals surface area (Å²) in [5.41, 5.74) is 0.452. The third-order valence-corrected chi connectivity index (χ3v) is 3.64. The van der Waals surface area contributed by atoms with Gasteiger partial charge in [-0.15, -0.1) is 0 Å². The zero-order valence-electron chi connectivity index (χ0n) is 12.8. The van der Waals surface area contributed by atoms with Crippen LogP contribution in [0.3, 0.4) is 0 Å². The molecule has 1 atom stereocenters. The van der Waals surface area contributed by atoms with Crippen molar-refractivity contribution in [2.75, 3.05) is 0 Å². The molecule has 120 valence electrons. The first-order valence-corrected chi connectivity index (χ1v) is 7.78. The lowest BCUT2D eigenvalue weighted by Gasteiger charge is -2.18. The van der Waals surface area contributed by atoms with Crippen LogP contribution in [0.5, 0.6) is 5.75 Å². The summed E-state index contributed by atoms with van der Waals surface area (Å²) in [6, 6.07) is 22.0. The third kappa shape index (κ3) is 3.58. The maximum Gasteiger partial charge on any atom is 0.342 e. The SMILES string of the molecule is C=C(Cl)C(OC(=O)c1cccc2ccccc12)Oc1ccccc1. The van der Waals surface area contributed by atoms with Gasteiger partial charge >= 0.3 is 5.97 Å². The number of fused-ring (bicyclic) bond motifs is 1. The molecule has 3 nitrogen and oxygen atoms in total. The average molecular weight is 339 g/mol. The van der Waals surface area contributed by atoms with Gasteiger partial charge in [-0.25, -0.2) is 4.79 Å². The Bertz CT molecular complexity index is 869. The van der Waals surface area contributed by atoms with Gasteiger partial charge in [-0.3, -0.25) is 0 Å². The molecule has 0 amide bonds. The van der Waals surface area contributed by atoms with Gasteiger partial charge in [0.05, 0.1) is 10.6 Å². The standard InChI is InChI=1S/C20H15ClO3/c1-14(21)20(23-16-10-3-2-4-11-16)24-19(22)18-13-7-9-15-8-5-6-12-17(15)18/h2-13,20H,1H2. The Hall–Kier alpha value is -2.78. The van der Waals surface area contributed by atoms with Crippen LogP contribution in [0.25, 0.3) is 10.8 Å². The average Bonchev–Trinajstić information content (AvgIpc) is 2.61. The highest BCUT2D eigenvalue weighted by atomic mass is 35.5. The molecular weight excluding hydrogens is 324 g/mol. The summed E-state index contributed by atoms with van der Waals surface area (Å²) < 4.78 is 11.0. The lowest BCUT2D eigenvalue weighted by Crippen LogP contribution is -2.24. The van der Waals surface area contributed by atoms with Gasteiger partial charge in [0.2, 0.25) is 0 Å². The smallest absolute Gasteiger partial charge is 0.342 e. The van der Waals surface area contributed by atoms with Crippen molar-refractivity contribution in [3.8, 4) is 5.75 Å². The van der Waals surface area contributed by atoms with Crippen LogP contribution >= 0.6 is 11.6 Å². The predicted octanol–water partition coefficient (Wildman–Crippen LogP) is 5.15. The van der Waals surface area contributed by atoms with E-state index in [2.05, 4.69) is 6.58 Å². The molecule has 0 radical (unpaired) electrons. The highest BCUT2D eigenvalue weighted by Crippen LogP contribution is 2.22. The highest BCUT2D eigenvalue weighted by Gasteiger charge is 2.21. The van der Waals surface area contributed by atoms with Crippen molar-refractivity contribution in [3.05, 3.63) is 90.0 Å². The maximum absolute atomic E-state index is 12.6. The molecule has 0 aliphatic rings. The van der Waals surface area contributed by atoms with Gasteiger partial charge in [0.25, 0.3) is 6.29 Å². The molecular formula is C20H15ClO3. The van der Waals surface area contributed by atoms with Crippen molar-refractivity contribution >= 4 is 28.3 Å². The van der Waals surface area contributed by atoms with Crippen LogP contribution in [0.4, 0.5) is 0 Å². The van der Waals surface area contributed by atoms with Gasteiger partial charge in [0, 0.05) is 0 Å². The molecule has 0 heterocycles. The fraction of sp³-hybridized carbons (Fsp3) is 0.0500. The number of esters is 1. The minimum atomic E-state index is -1.07. The quantitative estimate of drug-likeness (QED) is 0.476. The summed E-state index contributed by atoms with van der Waals surface area (Å²) in [6.07, 6.45) is -1.07. The molecule has 0 N–H and O–H groups in total. The Morgan fingerprint density at radius 2 is 1.58 bits per heavy atom. The molecule has 0 aliphatic carbocycles. The molecule has 4 heteroatoms. The summed E-state index contributed by atoms with van der Waals surface area (Å²) in [7, 11) is 0. The van der Waals surface area contributed by atoms with Crippen LogP contribution in [-0.4, -0.2) is 12.3 Å². The minimum Gasteiger partial charge on any atom is -0.450 e. The van der Waals surface area contributed by atoms with Gasteiger partial charge in [-0.1, -0.05) is 72.8 Å². The number of halogens is 1. The van der Waals surface area contributed by atoms with E-state index < -0.39 is 12.3 Å². The van der Waals surface area contributed by atoms with E-state index in [9.17, 15) is 4.79 Å². The van der Waals surface area contributed by atoms with E-state index in [-0.39, 0.29) is 5.03 Å². The lowest BCUT2D eigenvalue weighted by atomic mass is 10.1. The molecule has 0 saturated heterocycles. The molecule has 0 spiro atoms. The Morgan fingerprint density at radius 1 is 0.917 bits per heavy atom. The Labute approximate surface area is 145 Å². The van der Waals surface area contributed by atoms with Crippen molar-refractivity contribution in [1.29, 1.82) is 0 Å². The summed E-state index contributed by atoms with van der Waals surface area (Å²) in [5.74, 6) is 0.0181. The first-order valence-electron chi connectivity index (χ1n) is 7.40. The van der Waals surface area contributed by atoms with E-state index >= 15 is 0 Å². The van der Waals surface area contributed by atoms with Crippen molar-refractivity contribution in [1.82, 2.24) is 0 Å². The number of carbonyl (C=O) groups excluding carboxylic acids is 1. The van der Waals surface area contributed by atoms with E-state index in [4.69, 9.17) is 21.1 Å². The van der Waals surface area contributed by atoms with E-state index in [1.807, 2.05) is 54.6 Å². The van der Waals surface area contributed by atoms with Crippen LogP contribution in [-0.2, 0) is 4.74 Å². The Kier molecular flexibility index (Phi) is 4.82. The number of hydrogen-bond donors (Lipinski definition) is 0. The number of para-hydroxylation sites is 1. The monoisotopic (exact) mass is 338 g/mol. The van der Waals surface area contributed by atoms with Crippen molar-refractivity contribution < 1.29 is 14.3 Å². The van der Waals surface area contributed by atoms with Crippen LogP contribution in [0, 0.1) is 0 Å². The summed E-state index contributed by atoms with van der Waals surface area (Å²) in [6.45, 7) is 3.62. The number of carbonyl (C=O) groups is 1. The van der Waals surface area contributed by atoms with Crippen molar-refractivity contribution in [2.45, 2.75) is 6.29 Å². The second kappa shape index (κ2) is 7.20. The molecule has 0 aliphatic heterocycles. The van der Waals surface area contributed by atoms with Gasteiger partial charge < -0.3 is 9.47 Å². The Morgan fingerprint density at radius 3 is 2.33 bits per heavy atom. The topological polar surface area (TPSA) is 35.5 Å². The fourth-order valence-corrected chi connectivity index (χ4v) is 2.43. The van der Waals surface area contributed by atoms with Gasteiger partial charge in [-0.2, -0.15) is 0 Å². The molecule has 0 saturated carbocycles. The van der Waals surface area contributed by atoms with E-state index in [1.54, 1.807) is 18.2 Å². The molecule has 1 unspecified atom stereocenters. The van der Waals surface area contributed by atoms with E-state index in [0.29, 0.717) is 11.3 Å². The first kappa shape index (κ1) is 16.1. The van der Waals surface area contributed by atoms with Crippen molar-refractivity contribution in [2.24, 2.45) is 0 Å². The molecule has 3 aromatic rings. The zero-order valence-corrected chi connectivity index (χ0v) is 13.6. The van der Waals surface area contributed by atoms with Crippen molar-refractivity contribution in [3.63, 3.8) is 0 Å². The van der Waals surface area contributed by atoms with Crippen LogP contribution in [0.1, 0.15) is 10.4 Å². The minimum absolute atomic E-state index is 0.0902. The van der Waals surface area contributed by atoms with E-state index in [0.717, 1.165) is 10.8 Å². The maximum atomic E-state index is 12.6. The number of hydrogen-bond acceptors (Lipinski definition) is 3. The predicted molar refractivity (Wildman–Crippen MR) is 95.2 cm³/mol. The largest absolute Gasteiger partial charge is 0.450 e. The number of rotatable bonds is 5. The summed E-state index contributed by atoms with van der Waals surface area (Å²) in [5, 5.41) is 1.85. The fourth-order valence-electron chi connectivity index (χ4n) is 2.34. The molecule has 3 aromatic carbocycles. The molecule has 3 rings (SSSR count). The molecule has 0 aromatic heterocycles. The lowest BCUT2D eigenvalue weighted by molar-refractivity contribution is -0.0235. The molecule has 24 heavy (non-hydrogen) atoms. The van der Waals surface area contributed by atoms with Crippen LogP contribution in [0.15, 0.2) is 84.4 Å². The Balaban J connectivity index is 1.84. The molecule has 0 bridgehead atoms. The second-order valence-electron chi connectivity index (χ2n) is 5.14. The number of benzene rings is 3. The summed E-state index contributed by atoms with van der Waals surface area (Å²) >= 11 is 5.95. The number of ether oxygens (including phenoxy) is 2. The summed E-state index contributed by atoms with van der Waals surface area (Å²) in [4.78, 5) is 12.6.